The number of imidazole rings is 1. The summed E-state index contributed by atoms with van der Waals surface area (Å²) in [5.41, 5.74) is 2.46. The lowest BCUT2D eigenvalue weighted by Gasteiger charge is -2.29. The van der Waals surface area contributed by atoms with Gasteiger partial charge in [0.25, 0.3) is 0 Å². The number of fused-ring (bicyclic) bond motifs is 3. The van der Waals surface area contributed by atoms with Gasteiger partial charge in [-0.2, -0.15) is 0 Å². The van der Waals surface area contributed by atoms with Crippen LogP contribution in [0.25, 0.3) is 22.2 Å². The Hall–Kier alpha value is -2.15. The van der Waals surface area contributed by atoms with E-state index in [1.165, 1.54) is 6.42 Å². The van der Waals surface area contributed by atoms with Crippen LogP contribution in [-0.4, -0.2) is 29.8 Å². The quantitative estimate of drug-likeness (QED) is 0.672. The highest BCUT2D eigenvalue weighted by Crippen LogP contribution is 2.35. The summed E-state index contributed by atoms with van der Waals surface area (Å²) in [7, 11) is 0. The topological polar surface area (TPSA) is 99.6 Å². The van der Waals surface area contributed by atoms with E-state index >= 15 is 0 Å². The number of aliphatic hydroxyl groups excluding tert-OH is 1. The lowest BCUT2D eigenvalue weighted by atomic mass is 9.85. The van der Waals surface area contributed by atoms with E-state index in [-0.39, 0.29) is 18.3 Å². The minimum absolute atomic E-state index is 0.0968. The predicted molar refractivity (Wildman–Crippen MR) is 82.6 cm³/mol. The van der Waals surface area contributed by atoms with Crippen molar-refractivity contribution in [3.8, 4) is 0 Å². The molecule has 0 aromatic carbocycles. The van der Waals surface area contributed by atoms with Crippen molar-refractivity contribution in [2.24, 2.45) is 5.92 Å². The highest BCUT2D eigenvalue weighted by Gasteiger charge is 2.28. The van der Waals surface area contributed by atoms with Crippen molar-refractivity contribution in [3.05, 3.63) is 22.2 Å². The van der Waals surface area contributed by atoms with Gasteiger partial charge in [0.15, 0.2) is 11.3 Å². The van der Waals surface area contributed by atoms with Crippen LogP contribution >= 0.6 is 0 Å². The summed E-state index contributed by atoms with van der Waals surface area (Å²) in [6.45, 7) is 2.10. The number of aliphatic hydroxyl groups is 1. The Bertz CT molecular complexity index is 890. The van der Waals surface area contributed by atoms with Crippen LogP contribution in [0.1, 0.15) is 44.2 Å². The highest BCUT2D eigenvalue weighted by atomic mass is 16.3. The van der Waals surface area contributed by atoms with Crippen LogP contribution in [0.15, 0.2) is 11.0 Å². The van der Waals surface area contributed by atoms with Gasteiger partial charge in [-0.05, 0) is 18.8 Å². The molecule has 3 N–H and O–H groups in total. The molecule has 0 radical (unpaired) electrons. The van der Waals surface area contributed by atoms with Gasteiger partial charge < -0.3 is 10.1 Å². The summed E-state index contributed by atoms with van der Waals surface area (Å²) in [4.78, 5) is 18.4. The molecule has 7 nitrogen and oxygen atoms in total. The second kappa shape index (κ2) is 4.95. The summed E-state index contributed by atoms with van der Waals surface area (Å²) >= 11 is 0. The fourth-order valence-electron chi connectivity index (χ4n) is 3.76. The molecule has 1 saturated carbocycles. The molecule has 0 saturated heterocycles. The third kappa shape index (κ3) is 1.81. The molecular formula is C15H19N5O2. The van der Waals surface area contributed by atoms with E-state index in [1.807, 2.05) is 4.57 Å². The first-order valence-electron chi connectivity index (χ1n) is 7.78. The van der Waals surface area contributed by atoms with E-state index in [9.17, 15) is 9.90 Å². The number of H-pyrrole nitrogens is 2. The van der Waals surface area contributed by atoms with Gasteiger partial charge in [-0.3, -0.25) is 9.55 Å². The Morgan fingerprint density at radius 3 is 2.86 bits per heavy atom. The van der Waals surface area contributed by atoms with Gasteiger partial charge in [0.2, 0.25) is 0 Å². The van der Waals surface area contributed by atoms with E-state index in [1.54, 1.807) is 6.20 Å². The first-order chi connectivity index (χ1) is 10.7. The van der Waals surface area contributed by atoms with E-state index in [0.29, 0.717) is 17.2 Å². The van der Waals surface area contributed by atoms with Gasteiger partial charge in [-0.1, -0.05) is 19.8 Å². The predicted octanol–water partition coefficient (Wildman–Crippen LogP) is 1.84. The Kier molecular flexibility index (Phi) is 3.04. The average Bonchev–Trinajstić information content (AvgIpc) is 3.07. The second-order valence-corrected chi connectivity index (χ2v) is 6.22. The summed E-state index contributed by atoms with van der Waals surface area (Å²) in [5, 5.41) is 18.6. The minimum atomic E-state index is -0.138. The molecule has 0 amide bonds. The Morgan fingerprint density at radius 1 is 1.32 bits per heavy atom. The molecule has 3 aromatic heterocycles. The van der Waals surface area contributed by atoms with Crippen LogP contribution in [0, 0.1) is 5.92 Å². The lowest BCUT2D eigenvalue weighted by Crippen LogP contribution is -2.29. The molecule has 3 heterocycles. The molecule has 2 atom stereocenters. The Balaban J connectivity index is 2.06. The number of hydrogen-bond donors (Lipinski definition) is 3. The maximum absolute atomic E-state index is 12.5. The van der Waals surface area contributed by atoms with Crippen LogP contribution < -0.4 is 5.69 Å². The van der Waals surface area contributed by atoms with Gasteiger partial charge in [0.05, 0.1) is 12.0 Å². The highest BCUT2D eigenvalue weighted by molar-refractivity contribution is 6.01. The first kappa shape index (κ1) is 13.5. The molecule has 0 bridgehead atoms. The van der Waals surface area contributed by atoms with Crippen LogP contribution in [0.3, 0.4) is 0 Å². The van der Waals surface area contributed by atoms with Gasteiger partial charge in [-0.15, -0.1) is 10.2 Å². The molecule has 0 spiro atoms. The van der Waals surface area contributed by atoms with E-state index < -0.39 is 0 Å². The van der Waals surface area contributed by atoms with E-state index in [0.717, 1.165) is 35.7 Å². The van der Waals surface area contributed by atoms with Crippen LogP contribution in [0.5, 0.6) is 0 Å². The summed E-state index contributed by atoms with van der Waals surface area (Å²) in [6.07, 6.45) is 6.21. The lowest BCUT2D eigenvalue weighted by molar-refractivity contribution is 0.258. The van der Waals surface area contributed by atoms with Gasteiger partial charge in [0.1, 0.15) is 5.52 Å². The number of nitrogens with zero attached hydrogens (tertiary/aromatic N) is 3. The van der Waals surface area contributed by atoms with Crippen molar-refractivity contribution < 1.29 is 5.11 Å². The molecule has 1 aliphatic carbocycles. The molecular weight excluding hydrogens is 282 g/mol. The Labute approximate surface area is 126 Å². The number of hydrogen-bond acceptors (Lipinski definition) is 4. The maximum atomic E-state index is 12.5. The molecule has 0 aliphatic heterocycles. The fourth-order valence-corrected chi connectivity index (χ4v) is 3.76. The van der Waals surface area contributed by atoms with Crippen molar-refractivity contribution in [2.45, 2.75) is 45.3 Å². The van der Waals surface area contributed by atoms with Gasteiger partial charge in [-0.25, -0.2) is 4.79 Å². The van der Waals surface area contributed by atoms with Gasteiger partial charge in [0, 0.05) is 17.8 Å². The monoisotopic (exact) mass is 301 g/mol. The standard InChI is InChI=1S/C15H19N5O2/c1-8-4-2-3-5-10(8)20-12-11-9(7-21)6-16-13(11)18-19-14(12)17-15(20)22/h6,8,10,21H,2-5,7H2,1H3,(H,16,18)(H,17,19,22). The van der Waals surface area contributed by atoms with Crippen LogP contribution in [0.4, 0.5) is 0 Å². The largest absolute Gasteiger partial charge is 0.392 e. The average molecular weight is 301 g/mol. The van der Waals surface area contributed by atoms with Gasteiger partial charge >= 0.3 is 5.69 Å². The summed E-state index contributed by atoms with van der Waals surface area (Å²) < 4.78 is 1.84. The number of nitrogens with one attached hydrogen (secondary N) is 2. The van der Waals surface area contributed by atoms with Crippen molar-refractivity contribution >= 4 is 22.2 Å². The summed E-state index contributed by atoms with van der Waals surface area (Å²) in [5.74, 6) is 0.449. The van der Waals surface area contributed by atoms with Crippen molar-refractivity contribution in [2.75, 3.05) is 0 Å². The molecule has 7 heteroatoms. The summed E-state index contributed by atoms with van der Waals surface area (Å²) in [6, 6.07) is 0.170. The molecule has 4 rings (SSSR count). The smallest absolute Gasteiger partial charge is 0.328 e. The normalized spacial score (nSPS) is 22.6. The first-order valence-corrected chi connectivity index (χ1v) is 7.78. The van der Waals surface area contributed by atoms with Crippen molar-refractivity contribution in [1.29, 1.82) is 0 Å². The second-order valence-electron chi connectivity index (χ2n) is 6.22. The third-order valence-corrected chi connectivity index (χ3v) is 4.91. The minimum Gasteiger partial charge on any atom is -0.392 e. The zero-order valence-corrected chi connectivity index (χ0v) is 12.5. The number of rotatable bonds is 2. The third-order valence-electron chi connectivity index (χ3n) is 4.91. The molecule has 3 aromatic rings. The van der Waals surface area contributed by atoms with Crippen LogP contribution in [-0.2, 0) is 6.61 Å². The van der Waals surface area contributed by atoms with Crippen LogP contribution in [0.2, 0.25) is 0 Å². The van der Waals surface area contributed by atoms with Crippen molar-refractivity contribution in [1.82, 2.24) is 24.7 Å². The molecule has 2 unspecified atom stereocenters. The maximum Gasteiger partial charge on any atom is 0.328 e. The molecule has 1 aliphatic rings. The molecule has 1 fully saturated rings. The SMILES string of the molecule is CC1CCCCC1n1c(=O)[nH]c2nnc3[nH]cc(CO)c3c21. The number of aromatic nitrogens is 5. The number of aromatic amines is 2. The zero-order valence-electron chi connectivity index (χ0n) is 12.5. The van der Waals surface area contributed by atoms with Crippen molar-refractivity contribution in [3.63, 3.8) is 0 Å². The molecule has 116 valence electrons. The molecule has 22 heavy (non-hydrogen) atoms. The Morgan fingerprint density at radius 2 is 2.09 bits per heavy atom. The fraction of sp³-hybridized carbons (Fsp3) is 0.533. The zero-order chi connectivity index (χ0) is 15.3. The van der Waals surface area contributed by atoms with E-state index in [2.05, 4.69) is 27.1 Å². The van der Waals surface area contributed by atoms with E-state index in [4.69, 9.17) is 0 Å².